The maximum Gasteiger partial charge on any atom is 0.262 e. The highest BCUT2D eigenvalue weighted by Crippen LogP contribution is 2.46. The molecule has 2 aromatic rings. The molecular formula is C20H23NO3S2. The first-order chi connectivity index (χ1) is 12.7. The summed E-state index contributed by atoms with van der Waals surface area (Å²) in [6.45, 7) is 2.03. The number of carbonyl (C=O) groups excluding carboxylic acids is 1. The molecule has 1 aliphatic heterocycles. The van der Waals surface area contributed by atoms with Gasteiger partial charge in [0.15, 0.2) is 18.1 Å². The summed E-state index contributed by atoms with van der Waals surface area (Å²) >= 11 is 3.89. The molecule has 1 fully saturated rings. The highest BCUT2D eigenvalue weighted by Gasteiger charge is 2.20. The minimum Gasteiger partial charge on any atom is -0.493 e. The molecule has 0 spiro atoms. The van der Waals surface area contributed by atoms with Crippen LogP contribution in [0.3, 0.4) is 0 Å². The molecule has 2 aromatic carbocycles. The standard InChI is InChI=1S/C20H23NO3S2/c1-3-14-5-4-6-16(11-14)21-19(22)13-24-17-8-7-15(12-18(17)23-2)20-25-9-10-26-20/h4-8,11-12,20H,3,9-10,13H2,1-2H3,(H,21,22). The number of amides is 1. The molecule has 138 valence electrons. The Morgan fingerprint density at radius 1 is 1.15 bits per heavy atom. The predicted octanol–water partition coefficient (Wildman–Crippen LogP) is 4.75. The van der Waals surface area contributed by atoms with Crippen LogP contribution in [0.5, 0.6) is 11.5 Å². The van der Waals surface area contributed by atoms with Crippen molar-refractivity contribution in [1.82, 2.24) is 0 Å². The van der Waals surface area contributed by atoms with Crippen LogP contribution in [0.25, 0.3) is 0 Å². The zero-order valence-electron chi connectivity index (χ0n) is 15.0. The van der Waals surface area contributed by atoms with Gasteiger partial charge in [-0.3, -0.25) is 4.79 Å². The van der Waals surface area contributed by atoms with Crippen molar-refractivity contribution in [3.8, 4) is 11.5 Å². The number of hydrogen-bond acceptors (Lipinski definition) is 5. The molecule has 1 heterocycles. The van der Waals surface area contributed by atoms with Gasteiger partial charge >= 0.3 is 0 Å². The Labute approximate surface area is 163 Å². The number of anilines is 1. The minimum atomic E-state index is -0.189. The third-order valence-electron chi connectivity index (χ3n) is 4.06. The van der Waals surface area contributed by atoms with Gasteiger partial charge in [-0.15, -0.1) is 23.5 Å². The fourth-order valence-electron chi connectivity index (χ4n) is 2.71. The molecule has 0 saturated carbocycles. The van der Waals surface area contributed by atoms with Crippen LogP contribution in [0, 0.1) is 0 Å². The summed E-state index contributed by atoms with van der Waals surface area (Å²) in [5.74, 6) is 3.41. The molecule has 0 unspecified atom stereocenters. The fourth-order valence-corrected chi connectivity index (χ4v) is 5.55. The molecule has 0 aliphatic carbocycles. The van der Waals surface area contributed by atoms with Crippen molar-refractivity contribution in [3.63, 3.8) is 0 Å². The Bertz CT molecular complexity index is 760. The van der Waals surface area contributed by atoms with Crippen LogP contribution in [0.4, 0.5) is 5.69 Å². The van der Waals surface area contributed by atoms with E-state index >= 15 is 0 Å². The second kappa shape index (κ2) is 9.24. The molecule has 4 nitrogen and oxygen atoms in total. The normalized spacial score (nSPS) is 14.2. The number of methoxy groups -OCH3 is 1. The average molecular weight is 390 g/mol. The van der Waals surface area contributed by atoms with Gasteiger partial charge in [0.25, 0.3) is 5.91 Å². The number of thioether (sulfide) groups is 2. The lowest BCUT2D eigenvalue weighted by atomic mass is 10.1. The second-order valence-corrected chi connectivity index (χ2v) is 8.60. The summed E-state index contributed by atoms with van der Waals surface area (Å²) in [4.78, 5) is 12.2. The molecule has 3 rings (SSSR count). The van der Waals surface area contributed by atoms with E-state index in [-0.39, 0.29) is 12.5 Å². The van der Waals surface area contributed by atoms with E-state index in [1.165, 1.54) is 22.6 Å². The first-order valence-corrected chi connectivity index (χ1v) is 10.7. The van der Waals surface area contributed by atoms with Crippen molar-refractivity contribution in [2.24, 2.45) is 0 Å². The van der Waals surface area contributed by atoms with Crippen LogP contribution in [0.2, 0.25) is 0 Å². The topological polar surface area (TPSA) is 47.6 Å². The summed E-state index contributed by atoms with van der Waals surface area (Å²) in [5.41, 5.74) is 3.20. The third-order valence-corrected chi connectivity index (χ3v) is 7.16. The third kappa shape index (κ3) is 4.89. The lowest BCUT2D eigenvalue weighted by Gasteiger charge is -2.14. The lowest BCUT2D eigenvalue weighted by Crippen LogP contribution is -2.20. The van der Waals surface area contributed by atoms with Gasteiger partial charge in [-0.05, 0) is 41.8 Å². The van der Waals surface area contributed by atoms with Crippen molar-refractivity contribution in [2.75, 3.05) is 30.5 Å². The Hall–Kier alpha value is -1.79. The first kappa shape index (κ1) is 19.0. The number of nitrogens with one attached hydrogen (secondary N) is 1. The van der Waals surface area contributed by atoms with E-state index in [2.05, 4.69) is 18.3 Å². The number of ether oxygens (including phenoxy) is 2. The van der Waals surface area contributed by atoms with E-state index in [4.69, 9.17) is 9.47 Å². The highest BCUT2D eigenvalue weighted by molar-refractivity contribution is 8.19. The summed E-state index contributed by atoms with van der Waals surface area (Å²) in [6.07, 6.45) is 0.932. The van der Waals surface area contributed by atoms with Crippen LogP contribution in [-0.2, 0) is 11.2 Å². The largest absolute Gasteiger partial charge is 0.493 e. The van der Waals surface area contributed by atoms with Crippen LogP contribution < -0.4 is 14.8 Å². The zero-order chi connectivity index (χ0) is 18.4. The van der Waals surface area contributed by atoms with E-state index in [0.29, 0.717) is 16.1 Å². The molecular weight excluding hydrogens is 366 g/mol. The van der Waals surface area contributed by atoms with Crippen LogP contribution >= 0.6 is 23.5 Å². The summed E-state index contributed by atoms with van der Waals surface area (Å²) < 4.78 is 11.6. The van der Waals surface area contributed by atoms with Crippen molar-refractivity contribution >= 4 is 35.1 Å². The van der Waals surface area contributed by atoms with Crippen LogP contribution in [-0.4, -0.2) is 31.1 Å². The van der Waals surface area contributed by atoms with Gasteiger partial charge in [0.05, 0.1) is 11.7 Å². The SMILES string of the molecule is CCc1cccc(NC(=O)COc2ccc(C3SCCS3)cc2OC)c1. The van der Waals surface area contributed by atoms with Gasteiger partial charge in [-0.25, -0.2) is 0 Å². The van der Waals surface area contributed by atoms with Crippen molar-refractivity contribution < 1.29 is 14.3 Å². The smallest absolute Gasteiger partial charge is 0.262 e. The molecule has 26 heavy (non-hydrogen) atoms. The summed E-state index contributed by atoms with van der Waals surface area (Å²) in [6, 6.07) is 13.8. The summed E-state index contributed by atoms with van der Waals surface area (Å²) in [5, 5.41) is 2.87. The highest BCUT2D eigenvalue weighted by atomic mass is 32.2. The van der Waals surface area contributed by atoms with Gasteiger partial charge in [0.2, 0.25) is 0 Å². The van der Waals surface area contributed by atoms with E-state index in [9.17, 15) is 4.79 Å². The summed E-state index contributed by atoms with van der Waals surface area (Å²) in [7, 11) is 1.62. The Morgan fingerprint density at radius 2 is 1.96 bits per heavy atom. The molecule has 0 atom stereocenters. The number of hydrogen-bond donors (Lipinski definition) is 1. The number of aryl methyl sites for hydroxylation is 1. The van der Waals surface area contributed by atoms with Gasteiger partial charge < -0.3 is 14.8 Å². The number of rotatable bonds is 7. The quantitative estimate of drug-likeness (QED) is 0.740. The van der Waals surface area contributed by atoms with Crippen molar-refractivity contribution in [2.45, 2.75) is 17.9 Å². The fraction of sp³-hybridized carbons (Fsp3) is 0.350. The molecule has 0 bridgehead atoms. The lowest BCUT2D eigenvalue weighted by molar-refractivity contribution is -0.118. The van der Waals surface area contributed by atoms with Gasteiger partial charge in [-0.1, -0.05) is 25.1 Å². The zero-order valence-corrected chi connectivity index (χ0v) is 16.6. The molecule has 6 heteroatoms. The molecule has 1 amide bonds. The molecule has 1 aliphatic rings. The van der Waals surface area contributed by atoms with Crippen molar-refractivity contribution in [3.05, 3.63) is 53.6 Å². The minimum absolute atomic E-state index is 0.0566. The Kier molecular flexibility index (Phi) is 6.74. The van der Waals surface area contributed by atoms with Crippen LogP contribution in [0.15, 0.2) is 42.5 Å². The molecule has 1 saturated heterocycles. The van der Waals surface area contributed by atoms with E-state index < -0.39 is 0 Å². The van der Waals surface area contributed by atoms with E-state index in [0.717, 1.165) is 12.1 Å². The van der Waals surface area contributed by atoms with Gasteiger partial charge in [-0.2, -0.15) is 0 Å². The van der Waals surface area contributed by atoms with E-state index in [1.54, 1.807) is 7.11 Å². The number of benzene rings is 2. The first-order valence-electron chi connectivity index (χ1n) is 8.62. The maximum absolute atomic E-state index is 12.2. The van der Waals surface area contributed by atoms with Crippen LogP contribution in [0.1, 0.15) is 22.6 Å². The van der Waals surface area contributed by atoms with Crippen molar-refractivity contribution in [1.29, 1.82) is 0 Å². The Balaban J connectivity index is 1.60. The monoisotopic (exact) mass is 389 g/mol. The predicted molar refractivity (Wildman–Crippen MR) is 111 cm³/mol. The van der Waals surface area contributed by atoms with Gasteiger partial charge in [0.1, 0.15) is 0 Å². The number of carbonyl (C=O) groups is 1. The average Bonchev–Trinajstić information content (AvgIpc) is 3.21. The molecule has 1 N–H and O–H groups in total. The van der Waals surface area contributed by atoms with E-state index in [1.807, 2.05) is 59.9 Å². The maximum atomic E-state index is 12.2. The Morgan fingerprint density at radius 3 is 2.69 bits per heavy atom. The molecule has 0 radical (unpaired) electrons. The second-order valence-electron chi connectivity index (χ2n) is 5.87. The van der Waals surface area contributed by atoms with Gasteiger partial charge in [0, 0.05) is 17.2 Å². The molecule has 0 aromatic heterocycles.